The first-order valence-electron chi connectivity index (χ1n) is 15.4. The van der Waals surface area contributed by atoms with Crippen molar-refractivity contribution in [1.29, 1.82) is 0 Å². The fourth-order valence-corrected chi connectivity index (χ4v) is 8.23. The van der Waals surface area contributed by atoms with Crippen molar-refractivity contribution in [3.8, 4) is 0 Å². The summed E-state index contributed by atoms with van der Waals surface area (Å²) in [6.45, 7) is 4.80. The molecule has 0 saturated heterocycles. The topological polar surface area (TPSA) is 55.4 Å². The largest absolute Gasteiger partial charge is 0.384 e. The highest BCUT2D eigenvalue weighted by Gasteiger charge is 2.28. The van der Waals surface area contributed by atoms with E-state index >= 15 is 0 Å². The van der Waals surface area contributed by atoms with Gasteiger partial charge in [-0.2, -0.15) is 0 Å². The van der Waals surface area contributed by atoms with Crippen molar-refractivity contribution in [2.75, 3.05) is 61.0 Å². The van der Waals surface area contributed by atoms with E-state index in [4.69, 9.17) is 27.8 Å². The summed E-state index contributed by atoms with van der Waals surface area (Å²) < 4.78 is 35.5. The van der Waals surface area contributed by atoms with E-state index in [0.29, 0.717) is 35.5 Å². The van der Waals surface area contributed by atoms with Gasteiger partial charge >= 0.3 is 8.60 Å². The Balaban J connectivity index is 1.46. The summed E-state index contributed by atoms with van der Waals surface area (Å²) in [6.07, 6.45) is 19.0. The zero-order chi connectivity index (χ0) is 26.1. The second kappa shape index (κ2) is 19.3. The maximum absolute atomic E-state index is 6.33. The molecule has 0 aromatic heterocycles. The average molecular weight is 545 g/mol. The second-order valence-corrected chi connectivity index (χ2v) is 13.1. The van der Waals surface area contributed by atoms with E-state index in [0.717, 1.165) is 58.9 Å². The van der Waals surface area contributed by atoms with Gasteiger partial charge < -0.3 is 27.8 Å². The van der Waals surface area contributed by atoms with E-state index in [1.165, 1.54) is 77.0 Å². The van der Waals surface area contributed by atoms with E-state index in [2.05, 4.69) is 0 Å². The molecule has 6 atom stereocenters. The van der Waals surface area contributed by atoms with Gasteiger partial charge in [-0.1, -0.05) is 57.8 Å². The smallest absolute Gasteiger partial charge is 0.332 e. The standard InChI is InChI=1S/C30H57O6P/c1-31-22-28-13-7-4-10-25(28)16-19-34-37(35-20-17-26-11-5-8-14-29(26)23-32-2)36-21-18-27-12-6-9-15-30(27)24-33-3/h25-30H,4-24H2,1-3H3/t25-,26-,27-,28-,29-,30-/m0/s1. The Labute approximate surface area is 229 Å². The van der Waals surface area contributed by atoms with E-state index in [1.54, 1.807) is 0 Å². The van der Waals surface area contributed by atoms with Crippen LogP contribution >= 0.6 is 8.60 Å². The van der Waals surface area contributed by atoms with Crippen LogP contribution in [0.3, 0.4) is 0 Å². The van der Waals surface area contributed by atoms with E-state index in [-0.39, 0.29) is 0 Å². The molecule has 6 nitrogen and oxygen atoms in total. The molecule has 0 spiro atoms. The Hall–Kier alpha value is 0.190. The van der Waals surface area contributed by atoms with Crippen molar-refractivity contribution >= 4 is 8.60 Å². The molecule has 7 heteroatoms. The van der Waals surface area contributed by atoms with Crippen LogP contribution in [0, 0.1) is 35.5 Å². The lowest BCUT2D eigenvalue weighted by molar-refractivity contribution is 0.0661. The van der Waals surface area contributed by atoms with Crippen LogP contribution in [0.25, 0.3) is 0 Å². The lowest BCUT2D eigenvalue weighted by atomic mass is 9.78. The predicted octanol–water partition coefficient (Wildman–Crippen LogP) is 7.79. The third kappa shape index (κ3) is 11.7. The quantitative estimate of drug-likeness (QED) is 0.164. The van der Waals surface area contributed by atoms with E-state index < -0.39 is 8.60 Å². The Morgan fingerprint density at radius 2 is 0.703 bits per heavy atom. The molecule has 0 aromatic rings. The molecule has 37 heavy (non-hydrogen) atoms. The summed E-state index contributed by atoms with van der Waals surface area (Å²) in [6, 6.07) is 0. The predicted molar refractivity (Wildman–Crippen MR) is 151 cm³/mol. The molecule has 3 aliphatic rings. The minimum atomic E-state index is -1.30. The monoisotopic (exact) mass is 544 g/mol. The molecule has 0 heterocycles. The summed E-state index contributed by atoms with van der Waals surface area (Å²) >= 11 is 0. The van der Waals surface area contributed by atoms with Crippen molar-refractivity contribution in [2.45, 2.75) is 96.3 Å². The van der Waals surface area contributed by atoms with E-state index in [9.17, 15) is 0 Å². The SMILES string of the molecule is COC[C@@H]1CCCC[C@H]1CCOP(OCC[C@@H]1CCCC[C@H]1COC)OCC[C@@H]1CCCC[C@H]1COC. The molecule has 0 unspecified atom stereocenters. The van der Waals surface area contributed by atoms with Gasteiger partial charge in [0.2, 0.25) is 0 Å². The van der Waals surface area contributed by atoms with Gasteiger partial charge in [0.15, 0.2) is 0 Å². The fraction of sp³-hybridized carbons (Fsp3) is 1.00. The molecule has 218 valence electrons. The Morgan fingerprint density at radius 3 is 0.973 bits per heavy atom. The minimum Gasteiger partial charge on any atom is -0.384 e. The van der Waals surface area contributed by atoms with Gasteiger partial charge in [0.1, 0.15) is 0 Å². The fourth-order valence-electron chi connectivity index (χ4n) is 7.24. The number of hydrogen-bond donors (Lipinski definition) is 0. The van der Waals surface area contributed by atoms with Gasteiger partial charge in [0.25, 0.3) is 0 Å². The molecule has 0 aromatic carbocycles. The Morgan fingerprint density at radius 1 is 0.432 bits per heavy atom. The molecule has 3 rings (SSSR count). The first-order chi connectivity index (χ1) is 18.2. The number of ether oxygens (including phenoxy) is 3. The summed E-state index contributed by atoms with van der Waals surface area (Å²) in [4.78, 5) is 0. The highest BCUT2D eigenvalue weighted by Crippen LogP contribution is 2.43. The Kier molecular flexibility index (Phi) is 16.5. The molecule has 3 aliphatic carbocycles. The van der Waals surface area contributed by atoms with Gasteiger partial charge in [0.05, 0.1) is 19.8 Å². The molecular weight excluding hydrogens is 487 g/mol. The van der Waals surface area contributed by atoms with E-state index in [1.807, 2.05) is 21.3 Å². The van der Waals surface area contributed by atoms with Gasteiger partial charge in [-0.25, -0.2) is 0 Å². The highest BCUT2D eigenvalue weighted by molar-refractivity contribution is 7.41. The molecule has 0 bridgehead atoms. The first-order valence-corrected chi connectivity index (χ1v) is 16.5. The molecular formula is C30H57O6P. The van der Waals surface area contributed by atoms with Crippen LogP contribution in [0.2, 0.25) is 0 Å². The molecule has 0 amide bonds. The van der Waals surface area contributed by atoms with Gasteiger partial charge in [0, 0.05) is 41.2 Å². The normalized spacial score (nSPS) is 31.1. The number of methoxy groups -OCH3 is 3. The lowest BCUT2D eigenvalue weighted by Gasteiger charge is -2.32. The van der Waals surface area contributed by atoms with Crippen LogP contribution in [0.4, 0.5) is 0 Å². The van der Waals surface area contributed by atoms with Crippen molar-refractivity contribution in [2.24, 2.45) is 35.5 Å². The molecule has 3 fully saturated rings. The second-order valence-electron chi connectivity index (χ2n) is 11.9. The van der Waals surface area contributed by atoms with Crippen molar-refractivity contribution in [3.05, 3.63) is 0 Å². The maximum atomic E-state index is 6.33. The maximum Gasteiger partial charge on any atom is 0.332 e. The lowest BCUT2D eigenvalue weighted by Crippen LogP contribution is -2.25. The summed E-state index contributed by atoms with van der Waals surface area (Å²) in [5.74, 6) is 4.09. The molecule has 0 radical (unpaired) electrons. The number of rotatable bonds is 18. The van der Waals surface area contributed by atoms with Gasteiger partial charge in [-0.15, -0.1) is 0 Å². The zero-order valence-corrected chi connectivity index (χ0v) is 25.1. The Bertz CT molecular complexity index is 484. The van der Waals surface area contributed by atoms with Crippen molar-refractivity contribution < 1.29 is 27.8 Å². The average Bonchev–Trinajstić information content (AvgIpc) is 2.92. The summed E-state index contributed by atoms with van der Waals surface area (Å²) in [5.41, 5.74) is 0. The zero-order valence-electron chi connectivity index (χ0n) is 24.2. The third-order valence-electron chi connectivity index (χ3n) is 9.40. The third-order valence-corrected chi connectivity index (χ3v) is 10.6. The van der Waals surface area contributed by atoms with Crippen LogP contribution in [0.15, 0.2) is 0 Å². The first kappa shape index (κ1) is 31.7. The van der Waals surface area contributed by atoms with Crippen molar-refractivity contribution in [3.63, 3.8) is 0 Å². The molecule has 3 saturated carbocycles. The van der Waals surface area contributed by atoms with Gasteiger partial charge in [-0.3, -0.25) is 0 Å². The van der Waals surface area contributed by atoms with Crippen LogP contribution in [-0.2, 0) is 27.8 Å². The summed E-state index contributed by atoms with van der Waals surface area (Å²) in [7, 11) is 4.19. The molecule has 0 aliphatic heterocycles. The number of hydrogen-bond acceptors (Lipinski definition) is 6. The highest BCUT2D eigenvalue weighted by atomic mass is 31.2. The van der Waals surface area contributed by atoms with Crippen LogP contribution in [-0.4, -0.2) is 61.0 Å². The molecule has 0 N–H and O–H groups in total. The van der Waals surface area contributed by atoms with Crippen molar-refractivity contribution in [1.82, 2.24) is 0 Å². The van der Waals surface area contributed by atoms with Crippen LogP contribution in [0.1, 0.15) is 96.3 Å². The van der Waals surface area contributed by atoms with Crippen LogP contribution < -0.4 is 0 Å². The van der Waals surface area contributed by atoms with Crippen LogP contribution in [0.5, 0.6) is 0 Å². The van der Waals surface area contributed by atoms with Gasteiger partial charge in [-0.05, 0) is 74.0 Å². The summed E-state index contributed by atoms with van der Waals surface area (Å²) in [5, 5.41) is 0. The minimum absolute atomic E-state index is 0.670.